The number of hydrogen-bond donors (Lipinski definition) is 1. The van der Waals surface area contributed by atoms with Gasteiger partial charge in [-0.05, 0) is 55.0 Å². The van der Waals surface area contributed by atoms with Crippen LogP contribution in [-0.2, 0) is 21.3 Å². The SMILES string of the molecule is CCOC(=O)c1cccc(NC(=O)c2ccc(CN(c3cccc(Cl)c3Cl)S(C)(=O)=O)cc2)c1. The average molecular weight is 521 g/mol. The van der Waals surface area contributed by atoms with Crippen LogP contribution in [0.15, 0.2) is 66.7 Å². The van der Waals surface area contributed by atoms with Gasteiger partial charge in [-0.1, -0.05) is 47.5 Å². The van der Waals surface area contributed by atoms with Gasteiger partial charge in [-0.2, -0.15) is 0 Å². The van der Waals surface area contributed by atoms with Crippen molar-refractivity contribution in [1.29, 1.82) is 0 Å². The first kappa shape index (κ1) is 25.6. The van der Waals surface area contributed by atoms with Crippen LogP contribution < -0.4 is 9.62 Å². The fraction of sp³-hybridized carbons (Fsp3) is 0.167. The van der Waals surface area contributed by atoms with Crippen molar-refractivity contribution >= 4 is 56.5 Å². The Morgan fingerprint density at radius 1 is 0.971 bits per heavy atom. The van der Waals surface area contributed by atoms with Crippen LogP contribution in [0.25, 0.3) is 0 Å². The maximum absolute atomic E-state index is 12.7. The molecule has 178 valence electrons. The van der Waals surface area contributed by atoms with Gasteiger partial charge in [-0.15, -0.1) is 0 Å². The number of nitrogens with one attached hydrogen (secondary N) is 1. The van der Waals surface area contributed by atoms with Crippen LogP contribution in [0.5, 0.6) is 0 Å². The van der Waals surface area contributed by atoms with Gasteiger partial charge in [-0.25, -0.2) is 13.2 Å². The van der Waals surface area contributed by atoms with Crippen molar-refractivity contribution in [3.05, 3.63) is 93.5 Å². The number of esters is 1. The van der Waals surface area contributed by atoms with E-state index in [2.05, 4.69) is 5.32 Å². The molecule has 7 nitrogen and oxygen atoms in total. The summed E-state index contributed by atoms with van der Waals surface area (Å²) in [7, 11) is -3.66. The Morgan fingerprint density at radius 2 is 1.65 bits per heavy atom. The van der Waals surface area contributed by atoms with Crippen LogP contribution in [0, 0.1) is 0 Å². The zero-order valence-electron chi connectivity index (χ0n) is 18.4. The van der Waals surface area contributed by atoms with Gasteiger partial charge in [-0.3, -0.25) is 9.10 Å². The predicted octanol–water partition coefficient (Wildman–Crippen LogP) is 5.39. The molecule has 3 aromatic carbocycles. The zero-order chi connectivity index (χ0) is 24.9. The molecule has 0 aliphatic heterocycles. The standard InChI is InChI=1S/C24H22Cl2N2O5S/c1-3-33-24(30)18-6-4-7-19(14-18)27-23(29)17-12-10-16(11-13-17)15-28(34(2,31)32)21-9-5-8-20(25)22(21)26/h4-14H,3,15H2,1-2H3,(H,27,29). The van der Waals surface area contributed by atoms with Gasteiger partial charge < -0.3 is 10.1 Å². The first-order valence-corrected chi connectivity index (χ1v) is 12.8. The number of sulfonamides is 1. The Hall–Kier alpha value is -3.07. The van der Waals surface area contributed by atoms with E-state index in [1.807, 2.05) is 0 Å². The summed E-state index contributed by atoms with van der Waals surface area (Å²) < 4.78 is 31.0. The summed E-state index contributed by atoms with van der Waals surface area (Å²) >= 11 is 12.3. The lowest BCUT2D eigenvalue weighted by atomic mass is 10.1. The van der Waals surface area contributed by atoms with Crippen LogP contribution in [0.4, 0.5) is 11.4 Å². The lowest BCUT2D eigenvalue weighted by Gasteiger charge is -2.24. The number of nitrogens with zero attached hydrogens (tertiary/aromatic N) is 1. The maximum atomic E-state index is 12.7. The highest BCUT2D eigenvalue weighted by atomic mass is 35.5. The second-order valence-corrected chi connectivity index (χ2v) is 9.99. The predicted molar refractivity (Wildman–Crippen MR) is 134 cm³/mol. The number of anilines is 2. The van der Waals surface area contributed by atoms with Crippen molar-refractivity contribution in [1.82, 2.24) is 0 Å². The molecule has 0 radical (unpaired) electrons. The molecule has 0 saturated carbocycles. The van der Waals surface area contributed by atoms with Crippen molar-refractivity contribution in [3.63, 3.8) is 0 Å². The molecule has 1 amide bonds. The molecule has 0 aromatic heterocycles. The van der Waals surface area contributed by atoms with E-state index in [-0.39, 0.29) is 34.8 Å². The number of carbonyl (C=O) groups excluding carboxylic acids is 2. The second-order valence-electron chi connectivity index (χ2n) is 7.29. The van der Waals surface area contributed by atoms with Crippen LogP contribution in [0.3, 0.4) is 0 Å². The molecular formula is C24H22Cl2N2O5S. The van der Waals surface area contributed by atoms with Gasteiger partial charge in [0.1, 0.15) is 0 Å². The molecule has 34 heavy (non-hydrogen) atoms. The summed E-state index contributed by atoms with van der Waals surface area (Å²) in [5, 5.41) is 3.11. The van der Waals surface area contributed by atoms with Crippen molar-refractivity contribution in [2.24, 2.45) is 0 Å². The quantitative estimate of drug-likeness (QED) is 0.402. The number of rotatable bonds is 8. The third kappa shape index (κ3) is 6.28. The minimum Gasteiger partial charge on any atom is -0.462 e. The lowest BCUT2D eigenvalue weighted by molar-refractivity contribution is 0.0526. The molecule has 0 bridgehead atoms. The third-order valence-corrected chi connectivity index (χ3v) is 6.71. The smallest absolute Gasteiger partial charge is 0.338 e. The molecule has 10 heteroatoms. The summed E-state index contributed by atoms with van der Waals surface area (Å²) in [6.45, 7) is 1.97. The normalized spacial score (nSPS) is 11.1. The van der Waals surface area contributed by atoms with Gasteiger partial charge in [0, 0.05) is 11.3 Å². The molecule has 0 fully saturated rings. The molecule has 0 heterocycles. The van der Waals surface area contributed by atoms with Crippen LogP contribution in [0.2, 0.25) is 10.0 Å². The van der Waals surface area contributed by atoms with Gasteiger partial charge >= 0.3 is 5.97 Å². The van der Waals surface area contributed by atoms with E-state index < -0.39 is 16.0 Å². The highest BCUT2D eigenvalue weighted by Gasteiger charge is 2.21. The fourth-order valence-corrected chi connectivity index (χ4v) is 4.48. The van der Waals surface area contributed by atoms with Crippen molar-refractivity contribution in [2.45, 2.75) is 13.5 Å². The Bertz CT molecular complexity index is 1310. The molecule has 3 rings (SSSR count). The molecule has 1 N–H and O–H groups in total. The third-order valence-electron chi connectivity index (χ3n) is 4.77. The van der Waals surface area contributed by atoms with E-state index in [4.69, 9.17) is 27.9 Å². The van der Waals surface area contributed by atoms with Gasteiger partial charge in [0.2, 0.25) is 10.0 Å². The van der Waals surface area contributed by atoms with E-state index in [9.17, 15) is 18.0 Å². The Morgan fingerprint density at radius 3 is 2.29 bits per heavy atom. The molecule has 0 spiro atoms. The zero-order valence-corrected chi connectivity index (χ0v) is 20.7. The van der Waals surface area contributed by atoms with Gasteiger partial charge in [0.15, 0.2) is 0 Å². The summed E-state index contributed by atoms with van der Waals surface area (Å²) in [4.78, 5) is 24.5. The molecule has 0 unspecified atom stereocenters. The summed E-state index contributed by atoms with van der Waals surface area (Å²) in [6.07, 6.45) is 1.08. The minimum atomic E-state index is -3.66. The van der Waals surface area contributed by atoms with E-state index in [1.165, 1.54) is 6.07 Å². The molecule has 0 aliphatic rings. The topological polar surface area (TPSA) is 92.8 Å². The van der Waals surface area contributed by atoms with E-state index >= 15 is 0 Å². The van der Waals surface area contributed by atoms with E-state index in [0.717, 1.165) is 10.6 Å². The second kappa shape index (κ2) is 10.9. The minimum absolute atomic E-state index is 0.00236. The highest BCUT2D eigenvalue weighted by molar-refractivity contribution is 7.92. The number of amides is 1. The van der Waals surface area contributed by atoms with Gasteiger partial charge in [0.25, 0.3) is 5.91 Å². The van der Waals surface area contributed by atoms with Crippen molar-refractivity contribution in [3.8, 4) is 0 Å². The monoisotopic (exact) mass is 520 g/mol. The lowest BCUT2D eigenvalue weighted by Crippen LogP contribution is -2.29. The molecular weight excluding hydrogens is 499 g/mol. The summed E-state index contributed by atoms with van der Waals surface area (Å²) in [6, 6.07) is 17.7. The van der Waals surface area contributed by atoms with Crippen LogP contribution >= 0.6 is 23.2 Å². The highest BCUT2D eigenvalue weighted by Crippen LogP contribution is 2.34. The number of hydrogen-bond acceptors (Lipinski definition) is 5. The fourth-order valence-electron chi connectivity index (χ4n) is 3.14. The number of ether oxygens (including phenoxy) is 1. The van der Waals surface area contributed by atoms with Gasteiger partial charge in [0.05, 0.1) is 40.7 Å². The summed E-state index contributed by atoms with van der Waals surface area (Å²) in [5.74, 6) is -0.858. The van der Waals surface area contributed by atoms with E-state index in [1.54, 1.807) is 67.6 Å². The molecule has 0 saturated heterocycles. The number of halogens is 2. The number of carbonyl (C=O) groups is 2. The average Bonchev–Trinajstić information content (AvgIpc) is 2.79. The first-order valence-electron chi connectivity index (χ1n) is 10.2. The van der Waals surface area contributed by atoms with Crippen molar-refractivity contribution in [2.75, 3.05) is 22.5 Å². The molecule has 3 aromatic rings. The van der Waals surface area contributed by atoms with Crippen LogP contribution in [-0.4, -0.2) is 33.2 Å². The number of benzene rings is 3. The maximum Gasteiger partial charge on any atom is 0.338 e. The summed E-state index contributed by atoms with van der Waals surface area (Å²) in [5.41, 5.74) is 2.04. The van der Waals surface area contributed by atoms with E-state index in [0.29, 0.717) is 22.4 Å². The Kier molecular flexibility index (Phi) is 8.19. The largest absolute Gasteiger partial charge is 0.462 e. The molecule has 0 aliphatic carbocycles. The van der Waals surface area contributed by atoms with Crippen molar-refractivity contribution < 1.29 is 22.7 Å². The Labute approximate surface area is 208 Å². The molecule has 0 atom stereocenters. The van der Waals surface area contributed by atoms with Crippen LogP contribution in [0.1, 0.15) is 33.2 Å². The Balaban J connectivity index is 1.76. The first-order chi connectivity index (χ1) is 16.1.